The van der Waals surface area contributed by atoms with Crippen LogP contribution in [-0.4, -0.2) is 56.9 Å². The highest BCUT2D eigenvalue weighted by Gasteiger charge is 2.30. The van der Waals surface area contributed by atoms with Crippen LogP contribution in [0.5, 0.6) is 0 Å². The molecule has 1 aliphatic rings. The quantitative estimate of drug-likeness (QED) is 0.794. The van der Waals surface area contributed by atoms with Gasteiger partial charge in [0.2, 0.25) is 0 Å². The summed E-state index contributed by atoms with van der Waals surface area (Å²) in [5.41, 5.74) is 1.46. The summed E-state index contributed by atoms with van der Waals surface area (Å²) >= 11 is 0. The van der Waals surface area contributed by atoms with Gasteiger partial charge in [0.1, 0.15) is 17.8 Å². The maximum atomic E-state index is 12.6. The van der Waals surface area contributed by atoms with Crippen molar-refractivity contribution in [2.45, 2.75) is 12.5 Å². The molecule has 1 saturated heterocycles. The van der Waals surface area contributed by atoms with E-state index in [2.05, 4.69) is 24.8 Å². The van der Waals surface area contributed by atoms with Gasteiger partial charge in [-0.3, -0.25) is 9.78 Å². The average Bonchev–Trinajstić information content (AvgIpc) is 3.30. The maximum absolute atomic E-state index is 12.6. The summed E-state index contributed by atoms with van der Waals surface area (Å²) in [5, 5.41) is 1.01. The van der Waals surface area contributed by atoms with E-state index in [4.69, 9.17) is 0 Å². The molecule has 0 aromatic carbocycles. The van der Waals surface area contributed by atoms with Gasteiger partial charge in [0, 0.05) is 38.7 Å². The SMILES string of the molecule is CN(C(=O)c1cccnc1)[C@@H]1CCN(c2ncnc3[nH]ccc23)C1. The predicted molar refractivity (Wildman–Crippen MR) is 90.8 cm³/mol. The number of nitrogens with one attached hydrogen (secondary N) is 1. The van der Waals surface area contributed by atoms with E-state index in [1.54, 1.807) is 30.9 Å². The summed E-state index contributed by atoms with van der Waals surface area (Å²) in [6.45, 7) is 1.63. The maximum Gasteiger partial charge on any atom is 0.255 e. The van der Waals surface area contributed by atoms with E-state index in [1.165, 1.54) is 0 Å². The van der Waals surface area contributed by atoms with Crippen molar-refractivity contribution in [3.63, 3.8) is 0 Å². The van der Waals surface area contributed by atoms with Gasteiger partial charge in [-0.2, -0.15) is 0 Å². The molecule has 7 heteroatoms. The smallest absolute Gasteiger partial charge is 0.255 e. The van der Waals surface area contributed by atoms with Gasteiger partial charge in [-0.25, -0.2) is 9.97 Å². The Morgan fingerprint density at radius 2 is 2.29 bits per heavy atom. The second-order valence-corrected chi connectivity index (χ2v) is 5.98. The zero-order valence-corrected chi connectivity index (χ0v) is 13.4. The molecule has 24 heavy (non-hydrogen) atoms. The molecule has 1 aliphatic heterocycles. The minimum atomic E-state index is 0.00410. The lowest BCUT2D eigenvalue weighted by Crippen LogP contribution is -2.39. The number of hydrogen-bond donors (Lipinski definition) is 1. The fraction of sp³-hybridized carbons (Fsp3) is 0.294. The van der Waals surface area contributed by atoms with Crippen LogP contribution in [0.3, 0.4) is 0 Å². The van der Waals surface area contributed by atoms with Gasteiger partial charge in [-0.05, 0) is 24.6 Å². The van der Waals surface area contributed by atoms with Crippen LogP contribution in [0.1, 0.15) is 16.8 Å². The number of pyridine rings is 1. The molecule has 1 N–H and O–H groups in total. The lowest BCUT2D eigenvalue weighted by atomic mass is 10.2. The van der Waals surface area contributed by atoms with Crippen LogP contribution in [0, 0.1) is 0 Å². The summed E-state index contributed by atoms with van der Waals surface area (Å²) in [6, 6.07) is 5.72. The highest BCUT2D eigenvalue weighted by molar-refractivity contribution is 5.94. The number of carbonyl (C=O) groups excluding carboxylic acids is 1. The number of likely N-dealkylation sites (N-methyl/N-ethyl adjacent to an activating group) is 1. The van der Waals surface area contributed by atoms with Gasteiger partial charge in [0.15, 0.2) is 0 Å². The van der Waals surface area contributed by atoms with Gasteiger partial charge in [0.05, 0.1) is 17.0 Å². The van der Waals surface area contributed by atoms with E-state index in [1.807, 2.05) is 24.2 Å². The zero-order chi connectivity index (χ0) is 16.5. The molecule has 122 valence electrons. The van der Waals surface area contributed by atoms with E-state index in [9.17, 15) is 4.79 Å². The van der Waals surface area contributed by atoms with Crippen LogP contribution in [-0.2, 0) is 0 Å². The lowest BCUT2D eigenvalue weighted by molar-refractivity contribution is 0.0744. The Morgan fingerprint density at radius 1 is 1.38 bits per heavy atom. The Bertz CT molecular complexity index is 862. The van der Waals surface area contributed by atoms with Crippen LogP contribution < -0.4 is 4.90 Å². The molecule has 3 aromatic rings. The molecule has 1 amide bonds. The number of rotatable bonds is 3. The first-order chi connectivity index (χ1) is 11.7. The largest absolute Gasteiger partial charge is 0.354 e. The summed E-state index contributed by atoms with van der Waals surface area (Å²) in [5.74, 6) is 0.926. The van der Waals surface area contributed by atoms with Gasteiger partial charge >= 0.3 is 0 Å². The molecular weight excluding hydrogens is 304 g/mol. The normalized spacial score (nSPS) is 17.4. The number of aromatic amines is 1. The number of carbonyl (C=O) groups is 1. The molecule has 0 saturated carbocycles. The third kappa shape index (κ3) is 2.47. The van der Waals surface area contributed by atoms with E-state index in [0.29, 0.717) is 5.56 Å². The Balaban J connectivity index is 1.52. The van der Waals surface area contributed by atoms with Crippen LogP contribution >= 0.6 is 0 Å². The van der Waals surface area contributed by atoms with Crippen molar-refractivity contribution >= 4 is 22.8 Å². The Labute approximate surface area is 139 Å². The number of hydrogen-bond acceptors (Lipinski definition) is 5. The van der Waals surface area contributed by atoms with Crippen molar-refractivity contribution in [3.05, 3.63) is 48.7 Å². The van der Waals surface area contributed by atoms with Crippen LogP contribution in [0.4, 0.5) is 5.82 Å². The molecular formula is C17H18N6O. The number of fused-ring (bicyclic) bond motifs is 1. The Morgan fingerprint density at radius 3 is 3.12 bits per heavy atom. The fourth-order valence-corrected chi connectivity index (χ4v) is 3.22. The minimum absolute atomic E-state index is 0.00410. The van der Waals surface area contributed by atoms with Crippen molar-refractivity contribution in [1.82, 2.24) is 24.8 Å². The summed E-state index contributed by atoms with van der Waals surface area (Å²) in [7, 11) is 1.86. The highest BCUT2D eigenvalue weighted by Crippen LogP contribution is 2.27. The number of amides is 1. The first-order valence-electron chi connectivity index (χ1n) is 7.94. The van der Waals surface area contributed by atoms with Crippen molar-refractivity contribution < 1.29 is 4.79 Å². The lowest BCUT2D eigenvalue weighted by Gasteiger charge is -2.25. The molecule has 0 aliphatic carbocycles. The van der Waals surface area contributed by atoms with E-state index < -0.39 is 0 Å². The van der Waals surface area contributed by atoms with Gasteiger partial charge in [0.25, 0.3) is 5.91 Å². The van der Waals surface area contributed by atoms with E-state index in [0.717, 1.165) is 36.4 Å². The second kappa shape index (κ2) is 5.92. The molecule has 1 fully saturated rings. The van der Waals surface area contributed by atoms with E-state index >= 15 is 0 Å². The van der Waals surface area contributed by atoms with Crippen LogP contribution in [0.25, 0.3) is 11.0 Å². The second-order valence-electron chi connectivity index (χ2n) is 5.98. The highest BCUT2D eigenvalue weighted by atomic mass is 16.2. The minimum Gasteiger partial charge on any atom is -0.354 e. The molecule has 7 nitrogen and oxygen atoms in total. The fourth-order valence-electron chi connectivity index (χ4n) is 3.22. The molecule has 0 radical (unpaired) electrons. The zero-order valence-electron chi connectivity index (χ0n) is 13.4. The summed E-state index contributed by atoms with van der Waals surface area (Å²) < 4.78 is 0. The molecule has 1 atom stereocenters. The number of H-pyrrole nitrogens is 1. The molecule has 3 aromatic heterocycles. The van der Waals surface area contributed by atoms with Crippen molar-refractivity contribution in [2.75, 3.05) is 25.0 Å². The molecule has 4 rings (SSSR count). The number of nitrogens with zero attached hydrogens (tertiary/aromatic N) is 5. The number of aromatic nitrogens is 4. The Hall–Kier alpha value is -2.96. The summed E-state index contributed by atoms with van der Waals surface area (Å²) in [6.07, 6.45) is 7.64. The topological polar surface area (TPSA) is 78.0 Å². The standard InChI is InChI=1S/C17H18N6O/c1-22(17(24)12-3-2-6-18-9-12)13-5-8-23(10-13)16-14-4-7-19-15(14)20-11-21-16/h2-4,6-7,9,11,13H,5,8,10H2,1H3,(H,19,20,21)/t13-/m1/s1. The third-order valence-electron chi connectivity index (χ3n) is 4.57. The molecule has 0 bridgehead atoms. The first-order valence-corrected chi connectivity index (χ1v) is 7.94. The van der Waals surface area contributed by atoms with Gasteiger partial charge in [-0.15, -0.1) is 0 Å². The predicted octanol–water partition coefficient (Wildman–Crippen LogP) is 1.70. The monoisotopic (exact) mass is 322 g/mol. The molecule has 4 heterocycles. The van der Waals surface area contributed by atoms with Crippen molar-refractivity contribution in [2.24, 2.45) is 0 Å². The molecule has 0 spiro atoms. The summed E-state index contributed by atoms with van der Waals surface area (Å²) in [4.78, 5) is 32.4. The van der Waals surface area contributed by atoms with Gasteiger partial charge < -0.3 is 14.8 Å². The molecule has 0 unspecified atom stereocenters. The first kappa shape index (κ1) is 14.6. The third-order valence-corrected chi connectivity index (χ3v) is 4.57. The van der Waals surface area contributed by atoms with Crippen molar-refractivity contribution in [1.29, 1.82) is 0 Å². The van der Waals surface area contributed by atoms with Crippen LogP contribution in [0.15, 0.2) is 43.1 Å². The Kier molecular flexibility index (Phi) is 3.60. The average molecular weight is 322 g/mol. The van der Waals surface area contributed by atoms with Crippen LogP contribution in [0.2, 0.25) is 0 Å². The van der Waals surface area contributed by atoms with Gasteiger partial charge in [-0.1, -0.05) is 0 Å². The van der Waals surface area contributed by atoms with Crippen molar-refractivity contribution in [3.8, 4) is 0 Å². The van der Waals surface area contributed by atoms with E-state index in [-0.39, 0.29) is 11.9 Å². The number of anilines is 1.